The van der Waals surface area contributed by atoms with Gasteiger partial charge in [0.1, 0.15) is 5.60 Å². The van der Waals surface area contributed by atoms with Gasteiger partial charge in [0.05, 0.1) is 5.70 Å². The molecule has 0 heterocycles. The van der Waals surface area contributed by atoms with Crippen LogP contribution in [0.2, 0.25) is 0 Å². The lowest BCUT2D eigenvalue weighted by Gasteiger charge is -2.26. The Morgan fingerprint density at radius 1 is 1.33 bits per heavy atom. The van der Waals surface area contributed by atoms with Crippen molar-refractivity contribution in [2.24, 2.45) is 4.99 Å². The predicted octanol–water partition coefficient (Wildman–Crippen LogP) is 3.52. The third-order valence-corrected chi connectivity index (χ3v) is 3.05. The van der Waals surface area contributed by atoms with Crippen LogP contribution in [0.1, 0.15) is 12.0 Å². The van der Waals surface area contributed by atoms with Crippen LogP contribution in [0.3, 0.4) is 0 Å². The van der Waals surface area contributed by atoms with Gasteiger partial charge in [-0.3, -0.25) is 4.99 Å². The molecule has 0 spiro atoms. The second-order valence-electron chi connectivity index (χ2n) is 4.20. The number of benzene rings is 1. The standard InChI is InChI=1S/C16H17NO/c1-3-16(18-2)11-9-15(10-12-16)17-13-14-7-5-4-6-8-14/h3-11,13H,1,12H2,2H3. The Hall–Kier alpha value is -1.93. The number of ether oxygens (including phenoxy) is 1. The number of allylic oxidation sites excluding steroid dienone is 1. The fourth-order valence-corrected chi connectivity index (χ4v) is 1.80. The monoisotopic (exact) mass is 239 g/mol. The fraction of sp³-hybridized carbons (Fsp3) is 0.188. The van der Waals surface area contributed by atoms with E-state index in [-0.39, 0.29) is 5.60 Å². The molecule has 0 aromatic heterocycles. The SMILES string of the molecule is C=CC1(OC)C=CC(N=Cc2ccccc2)=CC1. The lowest BCUT2D eigenvalue weighted by molar-refractivity contribution is 0.0758. The van der Waals surface area contributed by atoms with E-state index in [2.05, 4.69) is 17.6 Å². The van der Waals surface area contributed by atoms with Crippen LogP contribution in [0.4, 0.5) is 0 Å². The van der Waals surface area contributed by atoms with Crippen LogP contribution in [-0.4, -0.2) is 18.9 Å². The second-order valence-corrected chi connectivity index (χ2v) is 4.20. The predicted molar refractivity (Wildman–Crippen MR) is 75.8 cm³/mol. The summed E-state index contributed by atoms with van der Waals surface area (Å²) in [6.07, 6.45) is 10.5. The third kappa shape index (κ3) is 2.84. The van der Waals surface area contributed by atoms with E-state index >= 15 is 0 Å². The molecule has 2 heteroatoms. The van der Waals surface area contributed by atoms with Crippen LogP contribution in [-0.2, 0) is 4.74 Å². The maximum atomic E-state index is 5.44. The Balaban J connectivity index is 2.06. The van der Waals surface area contributed by atoms with Crippen LogP contribution in [0.15, 0.2) is 71.9 Å². The zero-order valence-corrected chi connectivity index (χ0v) is 10.5. The smallest absolute Gasteiger partial charge is 0.108 e. The van der Waals surface area contributed by atoms with Crippen LogP contribution in [0.25, 0.3) is 0 Å². The van der Waals surface area contributed by atoms with Crippen LogP contribution < -0.4 is 0 Å². The molecule has 92 valence electrons. The highest BCUT2D eigenvalue weighted by molar-refractivity contribution is 5.80. The molecule has 0 fully saturated rings. The fourth-order valence-electron chi connectivity index (χ4n) is 1.80. The molecule has 2 nitrogen and oxygen atoms in total. The van der Waals surface area contributed by atoms with Gasteiger partial charge in [0, 0.05) is 19.7 Å². The first kappa shape index (κ1) is 12.5. The molecule has 2 rings (SSSR count). The van der Waals surface area contributed by atoms with E-state index in [9.17, 15) is 0 Å². The minimum Gasteiger partial charge on any atom is -0.370 e. The Bertz CT molecular complexity index is 499. The topological polar surface area (TPSA) is 21.6 Å². The minimum absolute atomic E-state index is 0.369. The molecule has 1 aromatic rings. The van der Waals surface area contributed by atoms with Crippen LogP contribution >= 0.6 is 0 Å². The Morgan fingerprint density at radius 2 is 2.11 bits per heavy atom. The van der Waals surface area contributed by atoms with E-state index in [0.717, 1.165) is 17.7 Å². The summed E-state index contributed by atoms with van der Waals surface area (Å²) >= 11 is 0. The van der Waals surface area contributed by atoms with E-state index in [0.29, 0.717) is 0 Å². The molecule has 1 atom stereocenters. The summed E-state index contributed by atoms with van der Waals surface area (Å²) in [7, 11) is 1.69. The van der Waals surface area contributed by atoms with Crippen molar-refractivity contribution in [3.8, 4) is 0 Å². The van der Waals surface area contributed by atoms with Gasteiger partial charge in [-0.2, -0.15) is 0 Å². The summed E-state index contributed by atoms with van der Waals surface area (Å²) in [5, 5.41) is 0. The maximum Gasteiger partial charge on any atom is 0.108 e. The van der Waals surface area contributed by atoms with Gasteiger partial charge in [-0.05, 0) is 17.7 Å². The summed E-state index contributed by atoms with van der Waals surface area (Å²) < 4.78 is 5.44. The summed E-state index contributed by atoms with van der Waals surface area (Å²) in [6, 6.07) is 10.0. The molecule has 18 heavy (non-hydrogen) atoms. The Labute approximate surface area is 108 Å². The largest absolute Gasteiger partial charge is 0.370 e. The van der Waals surface area contributed by atoms with Crippen molar-refractivity contribution in [2.45, 2.75) is 12.0 Å². The van der Waals surface area contributed by atoms with E-state index in [1.807, 2.05) is 54.8 Å². The molecular weight excluding hydrogens is 222 g/mol. The highest BCUT2D eigenvalue weighted by Gasteiger charge is 2.23. The van der Waals surface area contributed by atoms with Gasteiger partial charge in [-0.25, -0.2) is 0 Å². The van der Waals surface area contributed by atoms with Gasteiger partial charge in [-0.1, -0.05) is 49.1 Å². The molecule has 1 unspecified atom stereocenters. The van der Waals surface area contributed by atoms with Crippen molar-refractivity contribution < 1.29 is 4.74 Å². The van der Waals surface area contributed by atoms with Gasteiger partial charge < -0.3 is 4.74 Å². The zero-order valence-electron chi connectivity index (χ0n) is 10.5. The van der Waals surface area contributed by atoms with Crippen molar-refractivity contribution in [1.29, 1.82) is 0 Å². The van der Waals surface area contributed by atoms with E-state index in [1.54, 1.807) is 7.11 Å². The number of hydrogen-bond acceptors (Lipinski definition) is 2. The first-order valence-corrected chi connectivity index (χ1v) is 5.95. The molecule has 1 aliphatic carbocycles. The van der Waals surface area contributed by atoms with Gasteiger partial charge in [-0.15, -0.1) is 0 Å². The molecule has 0 saturated heterocycles. The number of nitrogens with zero attached hydrogens (tertiary/aromatic N) is 1. The molecule has 0 radical (unpaired) electrons. The van der Waals surface area contributed by atoms with E-state index in [1.165, 1.54) is 0 Å². The molecule has 0 N–H and O–H groups in total. The molecular formula is C16H17NO. The number of rotatable bonds is 4. The summed E-state index contributed by atoms with van der Waals surface area (Å²) in [4.78, 5) is 4.45. The summed E-state index contributed by atoms with van der Waals surface area (Å²) in [5.41, 5.74) is 1.68. The van der Waals surface area contributed by atoms with Gasteiger partial charge >= 0.3 is 0 Å². The third-order valence-electron chi connectivity index (χ3n) is 3.05. The maximum absolute atomic E-state index is 5.44. The lowest BCUT2D eigenvalue weighted by Crippen LogP contribution is -2.26. The lowest BCUT2D eigenvalue weighted by atomic mass is 9.94. The highest BCUT2D eigenvalue weighted by Crippen LogP contribution is 2.25. The second kappa shape index (κ2) is 5.61. The van der Waals surface area contributed by atoms with Crippen molar-refractivity contribution in [3.63, 3.8) is 0 Å². The van der Waals surface area contributed by atoms with Gasteiger partial charge in [0.25, 0.3) is 0 Å². The van der Waals surface area contributed by atoms with Gasteiger partial charge in [0.15, 0.2) is 0 Å². The molecule has 1 aromatic carbocycles. The number of aliphatic imine (C=N–C) groups is 1. The molecule has 0 aliphatic heterocycles. The quantitative estimate of drug-likeness (QED) is 0.582. The van der Waals surface area contributed by atoms with Crippen molar-refractivity contribution >= 4 is 6.21 Å². The highest BCUT2D eigenvalue weighted by atomic mass is 16.5. The molecule has 0 saturated carbocycles. The average Bonchev–Trinajstić information content (AvgIpc) is 2.47. The number of methoxy groups -OCH3 is 1. The Kier molecular flexibility index (Phi) is 3.90. The molecule has 0 amide bonds. The molecule has 1 aliphatic rings. The first-order valence-electron chi connectivity index (χ1n) is 5.95. The van der Waals surface area contributed by atoms with Crippen LogP contribution in [0.5, 0.6) is 0 Å². The van der Waals surface area contributed by atoms with E-state index in [4.69, 9.17) is 4.74 Å². The first-order chi connectivity index (χ1) is 8.78. The van der Waals surface area contributed by atoms with Crippen molar-refractivity contribution in [2.75, 3.05) is 7.11 Å². The average molecular weight is 239 g/mol. The zero-order chi connectivity index (χ0) is 12.8. The normalized spacial score (nSPS) is 23.1. The van der Waals surface area contributed by atoms with Gasteiger partial charge in [0.2, 0.25) is 0 Å². The molecule has 0 bridgehead atoms. The minimum atomic E-state index is -0.369. The van der Waals surface area contributed by atoms with Crippen molar-refractivity contribution in [1.82, 2.24) is 0 Å². The summed E-state index contributed by atoms with van der Waals surface area (Å²) in [5.74, 6) is 0. The van der Waals surface area contributed by atoms with Crippen molar-refractivity contribution in [3.05, 3.63) is 72.5 Å². The summed E-state index contributed by atoms with van der Waals surface area (Å²) in [6.45, 7) is 3.80. The van der Waals surface area contributed by atoms with E-state index < -0.39 is 0 Å². The Morgan fingerprint density at radius 3 is 2.67 bits per heavy atom. The number of hydrogen-bond donors (Lipinski definition) is 0. The van der Waals surface area contributed by atoms with Crippen LogP contribution in [0, 0.1) is 0 Å².